The first-order valence-electron chi connectivity index (χ1n) is 6.75. The number of aryl methyl sites for hydroxylation is 2. The number of carboxylic acids is 1. The minimum Gasteiger partial charge on any atom is -0.478 e. The molecule has 3 heteroatoms. The molecule has 0 aliphatic heterocycles. The van der Waals surface area contributed by atoms with E-state index < -0.39 is 5.97 Å². The third-order valence-electron chi connectivity index (χ3n) is 3.38. The lowest BCUT2D eigenvalue weighted by atomic mass is 10.1. The molecular weight excluding hydrogens is 250 g/mol. The quantitative estimate of drug-likeness (QED) is 0.866. The third-order valence-corrected chi connectivity index (χ3v) is 3.38. The molecule has 0 atom stereocenters. The second-order valence-corrected chi connectivity index (χ2v) is 4.86. The van der Waals surface area contributed by atoms with Crippen LogP contribution in [0.5, 0.6) is 0 Å². The zero-order chi connectivity index (χ0) is 14.5. The highest BCUT2D eigenvalue weighted by Gasteiger charge is 2.06. The van der Waals surface area contributed by atoms with Gasteiger partial charge in [-0.15, -0.1) is 0 Å². The van der Waals surface area contributed by atoms with Crippen molar-refractivity contribution in [3.05, 3.63) is 64.7 Å². The van der Waals surface area contributed by atoms with Crippen LogP contribution in [0.2, 0.25) is 0 Å². The minimum atomic E-state index is -0.885. The normalized spacial score (nSPS) is 10.3. The maximum Gasteiger partial charge on any atom is 0.335 e. The molecule has 0 fully saturated rings. The van der Waals surface area contributed by atoms with Crippen molar-refractivity contribution in [2.24, 2.45) is 0 Å². The molecule has 104 valence electrons. The Bertz CT molecular complexity index is 603. The molecule has 2 aromatic rings. The SMILES string of the molecule is CCc1ccc(CNc2ccc(C(=O)O)c(C)c2)cc1. The summed E-state index contributed by atoms with van der Waals surface area (Å²) in [5.74, 6) is -0.885. The summed E-state index contributed by atoms with van der Waals surface area (Å²) in [6, 6.07) is 13.8. The van der Waals surface area contributed by atoms with Crippen LogP contribution in [-0.2, 0) is 13.0 Å². The highest BCUT2D eigenvalue weighted by molar-refractivity contribution is 5.89. The monoisotopic (exact) mass is 269 g/mol. The lowest BCUT2D eigenvalue weighted by Gasteiger charge is -2.09. The van der Waals surface area contributed by atoms with Crippen LogP contribution in [-0.4, -0.2) is 11.1 Å². The molecule has 0 saturated carbocycles. The van der Waals surface area contributed by atoms with Gasteiger partial charge in [0.05, 0.1) is 5.56 Å². The van der Waals surface area contributed by atoms with E-state index in [1.165, 1.54) is 11.1 Å². The van der Waals surface area contributed by atoms with Gasteiger partial charge in [0.25, 0.3) is 0 Å². The summed E-state index contributed by atoms with van der Waals surface area (Å²) in [5.41, 5.74) is 4.59. The van der Waals surface area contributed by atoms with Crippen LogP contribution in [0.25, 0.3) is 0 Å². The Kier molecular flexibility index (Phi) is 4.41. The van der Waals surface area contributed by atoms with E-state index in [4.69, 9.17) is 5.11 Å². The molecule has 2 aromatic carbocycles. The van der Waals surface area contributed by atoms with Gasteiger partial charge in [0.1, 0.15) is 0 Å². The van der Waals surface area contributed by atoms with Crippen LogP contribution in [0.4, 0.5) is 5.69 Å². The fourth-order valence-corrected chi connectivity index (χ4v) is 2.11. The van der Waals surface area contributed by atoms with Gasteiger partial charge in [0.15, 0.2) is 0 Å². The van der Waals surface area contributed by atoms with Gasteiger partial charge in [-0.25, -0.2) is 4.79 Å². The summed E-state index contributed by atoms with van der Waals surface area (Å²) in [5, 5.41) is 12.3. The molecule has 3 nitrogen and oxygen atoms in total. The van der Waals surface area contributed by atoms with Gasteiger partial charge in [0.2, 0.25) is 0 Å². The summed E-state index contributed by atoms with van der Waals surface area (Å²) < 4.78 is 0. The maximum absolute atomic E-state index is 11.0. The number of benzene rings is 2. The van der Waals surface area contributed by atoms with Gasteiger partial charge >= 0.3 is 5.97 Å². The van der Waals surface area contributed by atoms with Crippen molar-refractivity contribution in [3.63, 3.8) is 0 Å². The van der Waals surface area contributed by atoms with Crippen LogP contribution in [0.1, 0.15) is 34.0 Å². The van der Waals surface area contributed by atoms with E-state index in [0.29, 0.717) is 5.56 Å². The molecule has 0 unspecified atom stereocenters. The van der Waals surface area contributed by atoms with Crippen molar-refractivity contribution in [3.8, 4) is 0 Å². The molecule has 0 saturated heterocycles. The molecule has 0 aromatic heterocycles. The maximum atomic E-state index is 11.0. The topological polar surface area (TPSA) is 49.3 Å². The number of nitrogens with one attached hydrogen (secondary N) is 1. The Morgan fingerprint density at radius 2 is 1.75 bits per heavy atom. The van der Waals surface area contributed by atoms with Crippen molar-refractivity contribution in [2.75, 3.05) is 5.32 Å². The van der Waals surface area contributed by atoms with Crippen molar-refractivity contribution in [1.29, 1.82) is 0 Å². The third kappa shape index (κ3) is 3.38. The number of rotatable bonds is 5. The Hall–Kier alpha value is -2.29. The molecular formula is C17H19NO2. The Morgan fingerprint density at radius 1 is 1.10 bits per heavy atom. The molecule has 0 amide bonds. The van der Waals surface area contributed by atoms with Gasteiger partial charge in [-0.2, -0.15) is 0 Å². The number of aromatic carboxylic acids is 1. The van der Waals surface area contributed by atoms with Crippen LogP contribution in [0.3, 0.4) is 0 Å². The van der Waals surface area contributed by atoms with Crippen molar-refractivity contribution >= 4 is 11.7 Å². The first kappa shape index (κ1) is 14.1. The molecule has 0 aliphatic carbocycles. The summed E-state index contributed by atoms with van der Waals surface area (Å²) in [6.07, 6.45) is 1.05. The van der Waals surface area contributed by atoms with Crippen LogP contribution in [0.15, 0.2) is 42.5 Å². The zero-order valence-electron chi connectivity index (χ0n) is 11.8. The fraction of sp³-hybridized carbons (Fsp3) is 0.235. The first-order chi connectivity index (χ1) is 9.60. The number of anilines is 1. The van der Waals surface area contributed by atoms with Crippen LogP contribution in [0, 0.1) is 6.92 Å². The summed E-state index contributed by atoms with van der Waals surface area (Å²) in [7, 11) is 0. The Balaban J connectivity index is 2.03. The van der Waals surface area contributed by atoms with Gasteiger partial charge < -0.3 is 10.4 Å². The van der Waals surface area contributed by atoms with Crippen molar-refractivity contribution in [2.45, 2.75) is 26.8 Å². The number of hydrogen-bond donors (Lipinski definition) is 2. The lowest BCUT2D eigenvalue weighted by molar-refractivity contribution is 0.0696. The molecule has 0 radical (unpaired) electrons. The molecule has 0 bridgehead atoms. The summed E-state index contributed by atoms with van der Waals surface area (Å²) in [4.78, 5) is 11.0. The fourth-order valence-electron chi connectivity index (χ4n) is 2.11. The molecule has 2 N–H and O–H groups in total. The average Bonchev–Trinajstić information content (AvgIpc) is 2.45. The number of carbonyl (C=O) groups is 1. The molecule has 20 heavy (non-hydrogen) atoms. The second kappa shape index (κ2) is 6.24. The molecule has 0 spiro atoms. The number of carboxylic acid groups (broad SMARTS) is 1. The zero-order valence-corrected chi connectivity index (χ0v) is 11.8. The van der Waals surface area contributed by atoms with Crippen LogP contribution < -0.4 is 5.32 Å². The van der Waals surface area contributed by atoms with Gasteiger partial charge in [-0.05, 0) is 48.2 Å². The van der Waals surface area contributed by atoms with Gasteiger partial charge in [-0.3, -0.25) is 0 Å². The molecule has 0 aliphatic rings. The smallest absolute Gasteiger partial charge is 0.335 e. The molecule has 2 rings (SSSR count). The summed E-state index contributed by atoms with van der Waals surface area (Å²) >= 11 is 0. The van der Waals surface area contributed by atoms with Gasteiger partial charge in [0, 0.05) is 12.2 Å². The standard InChI is InChI=1S/C17H19NO2/c1-3-13-4-6-14(7-5-13)11-18-15-8-9-16(17(19)20)12(2)10-15/h4-10,18H,3,11H2,1-2H3,(H,19,20). The van der Waals surface area contributed by atoms with E-state index in [1.54, 1.807) is 12.1 Å². The van der Waals surface area contributed by atoms with Crippen molar-refractivity contribution < 1.29 is 9.90 Å². The average molecular weight is 269 g/mol. The lowest BCUT2D eigenvalue weighted by Crippen LogP contribution is -2.03. The predicted octanol–water partition coefficient (Wildman–Crippen LogP) is 3.87. The van der Waals surface area contributed by atoms with E-state index in [2.05, 4.69) is 36.5 Å². The highest BCUT2D eigenvalue weighted by Crippen LogP contribution is 2.16. The Morgan fingerprint density at radius 3 is 2.30 bits per heavy atom. The van der Waals surface area contributed by atoms with E-state index >= 15 is 0 Å². The van der Waals surface area contributed by atoms with Crippen LogP contribution >= 0.6 is 0 Å². The van der Waals surface area contributed by atoms with E-state index in [0.717, 1.165) is 24.2 Å². The minimum absolute atomic E-state index is 0.350. The second-order valence-electron chi connectivity index (χ2n) is 4.86. The largest absolute Gasteiger partial charge is 0.478 e. The Labute approximate surface area is 119 Å². The first-order valence-corrected chi connectivity index (χ1v) is 6.75. The highest BCUT2D eigenvalue weighted by atomic mass is 16.4. The van der Waals surface area contributed by atoms with Gasteiger partial charge in [-0.1, -0.05) is 31.2 Å². The van der Waals surface area contributed by atoms with E-state index in [-0.39, 0.29) is 0 Å². The predicted molar refractivity (Wildman–Crippen MR) is 81.3 cm³/mol. The van der Waals surface area contributed by atoms with E-state index in [1.807, 2.05) is 13.0 Å². The van der Waals surface area contributed by atoms with E-state index in [9.17, 15) is 4.79 Å². The summed E-state index contributed by atoms with van der Waals surface area (Å²) in [6.45, 7) is 4.68. The van der Waals surface area contributed by atoms with Crippen molar-refractivity contribution in [1.82, 2.24) is 0 Å². The number of hydrogen-bond acceptors (Lipinski definition) is 2. The molecule has 0 heterocycles.